The molecule has 0 atom stereocenters. The molecular formula is C15H19N3O. The first-order chi connectivity index (χ1) is 9.16. The molecule has 1 heterocycles. The second kappa shape index (κ2) is 6.18. The minimum absolute atomic E-state index is 0.0115. The first-order valence-corrected chi connectivity index (χ1v) is 6.50. The van der Waals surface area contributed by atoms with Gasteiger partial charge in [-0.05, 0) is 43.5 Å². The number of nitrogens with one attached hydrogen (secondary N) is 2. The van der Waals surface area contributed by atoms with E-state index in [1.807, 2.05) is 38.2 Å². The molecule has 1 amide bonds. The average molecular weight is 257 g/mol. The van der Waals surface area contributed by atoms with Crippen molar-refractivity contribution in [1.29, 1.82) is 0 Å². The van der Waals surface area contributed by atoms with Gasteiger partial charge in [0.25, 0.3) is 5.91 Å². The summed E-state index contributed by atoms with van der Waals surface area (Å²) in [6.45, 7) is 4.72. The zero-order chi connectivity index (χ0) is 13.7. The predicted octanol–water partition coefficient (Wildman–Crippen LogP) is 2.39. The van der Waals surface area contributed by atoms with E-state index in [2.05, 4.69) is 15.3 Å². The smallest absolute Gasteiger partial charge is 0.251 e. The maximum Gasteiger partial charge on any atom is 0.251 e. The maximum absolute atomic E-state index is 11.9. The van der Waals surface area contributed by atoms with Gasteiger partial charge in [0.15, 0.2) is 0 Å². The Morgan fingerprint density at radius 3 is 2.84 bits per heavy atom. The summed E-state index contributed by atoms with van der Waals surface area (Å²) in [4.78, 5) is 19.1. The number of nitrogens with zero attached hydrogens (tertiary/aromatic N) is 1. The largest absolute Gasteiger partial charge is 0.352 e. The molecule has 0 spiro atoms. The Balaban J connectivity index is 1.79. The number of amides is 1. The van der Waals surface area contributed by atoms with Crippen molar-refractivity contribution in [2.45, 2.75) is 26.7 Å². The van der Waals surface area contributed by atoms with Crippen molar-refractivity contribution in [3.63, 3.8) is 0 Å². The lowest BCUT2D eigenvalue weighted by Crippen LogP contribution is -2.24. The van der Waals surface area contributed by atoms with E-state index in [1.54, 1.807) is 6.20 Å². The molecule has 0 aliphatic carbocycles. The minimum atomic E-state index is -0.0115. The summed E-state index contributed by atoms with van der Waals surface area (Å²) in [5, 5.41) is 2.93. The highest BCUT2D eigenvalue weighted by Gasteiger charge is 2.05. The number of aryl methyl sites for hydroxylation is 3. The summed E-state index contributed by atoms with van der Waals surface area (Å²) >= 11 is 0. The number of imidazole rings is 1. The highest BCUT2D eigenvalue weighted by molar-refractivity contribution is 5.94. The van der Waals surface area contributed by atoms with Gasteiger partial charge in [0.05, 0.1) is 0 Å². The number of H-pyrrole nitrogens is 1. The monoisotopic (exact) mass is 257 g/mol. The number of carbonyl (C=O) groups excluding carboxylic acids is 1. The lowest BCUT2D eigenvalue weighted by molar-refractivity contribution is 0.0953. The van der Waals surface area contributed by atoms with Crippen molar-refractivity contribution in [2.24, 2.45) is 0 Å². The molecule has 4 heteroatoms. The molecule has 0 aliphatic rings. The van der Waals surface area contributed by atoms with Gasteiger partial charge in [0.1, 0.15) is 5.82 Å². The van der Waals surface area contributed by atoms with E-state index in [0.29, 0.717) is 6.54 Å². The van der Waals surface area contributed by atoms with Crippen LogP contribution in [-0.4, -0.2) is 22.4 Å². The van der Waals surface area contributed by atoms with Crippen molar-refractivity contribution >= 4 is 5.91 Å². The summed E-state index contributed by atoms with van der Waals surface area (Å²) < 4.78 is 0. The molecule has 2 rings (SSSR count). The normalized spacial score (nSPS) is 10.4. The second-order valence-corrected chi connectivity index (χ2v) is 4.69. The van der Waals surface area contributed by atoms with Crippen LogP contribution in [-0.2, 0) is 6.42 Å². The van der Waals surface area contributed by atoms with Crippen LogP contribution >= 0.6 is 0 Å². The van der Waals surface area contributed by atoms with Gasteiger partial charge in [-0.25, -0.2) is 4.98 Å². The fraction of sp³-hybridized carbons (Fsp3) is 0.333. The van der Waals surface area contributed by atoms with E-state index in [-0.39, 0.29) is 5.91 Å². The van der Waals surface area contributed by atoms with Gasteiger partial charge < -0.3 is 10.3 Å². The second-order valence-electron chi connectivity index (χ2n) is 4.69. The SMILES string of the molecule is Cc1ccc(C(=O)NCCCc2ncc[nH]2)cc1C. The molecule has 0 unspecified atom stereocenters. The Kier molecular flexibility index (Phi) is 4.34. The summed E-state index contributed by atoms with van der Waals surface area (Å²) in [7, 11) is 0. The molecular weight excluding hydrogens is 238 g/mol. The van der Waals surface area contributed by atoms with E-state index >= 15 is 0 Å². The van der Waals surface area contributed by atoms with Crippen LogP contribution in [0.4, 0.5) is 0 Å². The fourth-order valence-corrected chi connectivity index (χ4v) is 1.88. The Bertz CT molecular complexity index is 547. The fourth-order valence-electron chi connectivity index (χ4n) is 1.88. The van der Waals surface area contributed by atoms with Crippen molar-refractivity contribution in [2.75, 3.05) is 6.54 Å². The Hall–Kier alpha value is -2.10. The third-order valence-electron chi connectivity index (χ3n) is 3.20. The topological polar surface area (TPSA) is 57.8 Å². The molecule has 0 bridgehead atoms. The summed E-state index contributed by atoms with van der Waals surface area (Å²) in [6, 6.07) is 5.77. The van der Waals surface area contributed by atoms with E-state index in [1.165, 1.54) is 5.56 Å². The van der Waals surface area contributed by atoms with E-state index in [0.717, 1.165) is 29.8 Å². The Morgan fingerprint density at radius 1 is 1.32 bits per heavy atom. The van der Waals surface area contributed by atoms with Gasteiger partial charge in [-0.2, -0.15) is 0 Å². The van der Waals surface area contributed by atoms with E-state index < -0.39 is 0 Å². The Morgan fingerprint density at radius 2 is 2.16 bits per heavy atom. The highest BCUT2D eigenvalue weighted by Crippen LogP contribution is 2.09. The van der Waals surface area contributed by atoms with Crippen LogP contribution in [0.15, 0.2) is 30.6 Å². The van der Waals surface area contributed by atoms with Gasteiger partial charge in [-0.3, -0.25) is 4.79 Å². The van der Waals surface area contributed by atoms with Gasteiger partial charge in [-0.1, -0.05) is 6.07 Å². The quantitative estimate of drug-likeness (QED) is 0.808. The van der Waals surface area contributed by atoms with Crippen LogP contribution in [0.3, 0.4) is 0 Å². The third-order valence-corrected chi connectivity index (χ3v) is 3.20. The number of hydrogen-bond acceptors (Lipinski definition) is 2. The zero-order valence-electron chi connectivity index (χ0n) is 11.4. The zero-order valence-corrected chi connectivity index (χ0v) is 11.4. The number of hydrogen-bond donors (Lipinski definition) is 2. The molecule has 0 saturated carbocycles. The van der Waals surface area contributed by atoms with Crippen LogP contribution in [0.5, 0.6) is 0 Å². The number of aromatic amines is 1. The molecule has 1 aromatic carbocycles. The van der Waals surface area contributed by atoms with E-state index in [9.17, 15) is 4.79 Å². The van der Waals surface area contributed by atoms with Crippen molar-refractivity contribution in [3.8, 4) is 0 Å². The van der Waals surface area contributed by atoms with Gasteiger partial charge in [0.2, 0.25) is 0 Å². The van der Waals surface area contributed by atoms with Crippen molar-refractivity contribution in [1.82, 2.24) is 15.3 Å². The molecule has 0 radical (unpaired) electrons. The predicted molar refractivity (Wildman–Crippen MR) is 75.2 cm³/mol. The lowest BCUT2D eigenvalue weighted by atomic mass is 10.1. The molecule has 0 aliphatic heterocycles. The van der Waals surface area contributed by atoms with Crippen LogP contribution < -0.4 is 5.32 Å². The van der Waals surface area contributed by atoms with Crippen molar-refractivity contribution < 1.29 is 4.79 Å². The van der Waals surface area contributed by atoms with Crippen LogP contribution in [0.1, 0.15) is 33.7 Å². The molecule has 2 aromatic rings. The number of aromatic nitrogens is 2. The molecule has 0 saturated heterocycles. The Labute approximate surface area is 113 Å². The van der Waals surface area contributed by atoms with Crippen LogP contribution in [0.25, 0.3) is 0 Å². The minimum Gasteiger partial charge on any atom is -0.352 e. The van der Waals surface area contributed by atoms with Crippen LogP contribution in [0.2, 0.25) is 0 Å². The first kappa shape index (κ1) is 13.3. The maximum atomic E-state index is 11.9. The molecule has 2 N–H and O–H groups in total. The first-order valence-electron chi connectivity index (χ1n) is 6.50. The summed E-state index contributed by atoms with van der Waals surface area (Å²) in [5.41, 5.74) is 3.07. The lowest BCUT2D eigenvalue weighted by Gasteiger charge is -2.06. The number of benzene rings is 1. The van der Waals surface area contributed by atoms with Crippen LogP contribution in [0, 0.1) is 13.8 Å². The number of carbonyl (C=O) groups is 1. The van der Waals surface area contributed by atoms with Crippen molar-refractivity contribution in [3.05, 3.63) is 53.1 Å². The van der Waals surface area contributed by atoms with Gasteiger partial charge in [-0.15, -0.1) is 0 Å². The molecule has 19 heavy (non-hydrogen) atoms. The standard InChI is InChI=1S/C15H19N3O/c1-11-5-6-13(10-12(11)2)15(19)18-7-3-4-14-16-8-9-17-14/h5-6,8-10H,3-4,7H2,1-2H3,(H,16,17)(H,18,19). The molecule has 4 nitrogen and oxygen atoms in total. The highest BCUT2D eigenvalue weighted by atomic mass is 16.1. The summed E-state index contributed by atoms with van der Waals surface area (Å²) in [6.07, 6.45) is 5.27. The molecule has 100 valence electrons. The summed E-state index contributed by atoms with van der Waals surface area (Å²) in [5.74, 6) is 0.947. The van der Waals surface area contributed by atoms with Gasteiger partial charge in [0, 0.05) is 30.9 Å². The molecule has 1 aromatic heterocycles. The number of rotatable bonds is 5. The molecule has 0 fully saturated rings. The average Bonchev–Trinajstić information content (AvgIpc) is 2.91. The van der Waals surface area contributed by atoms with E-state index in [4.69, 9.17) is 0 Å². The van der Waals surface area contributed by atoms with Gasteiger partial charge >= 0.3 is 0 Å². The third kappa shape index (κ3) is 3.68.